The summed E-state index contributed by atoms with van der Waals surface area (Å²) in [5.74, 6) is 0.434. The summed E-state index contributed by atoms with van der Waals surface area (Å²) in [5, 5.41) is 0. The van der Waals surface area contributed by atoms with Crippen LogP contribution < -0.4 is 0 Å². The predicted molar refractivity (Wildman–Crippen MR) is 155 cm³/mol. The lowest BCUT2D eigenvalue weighted by Crippen LogP contribution is -2.50. The van der Waals surface area contributed by atoms with Gasteiger partial charge >= 0.3 is 0 Å². The fourth-order valence-corrected chi connectivity index (χ4v) is 5.76. The van der Waals surface area contributed by atoms with Gasteiger partial charge in [-0.2, -0.15) is 0 Å². The Morgan fingerprint density at radius 1 is 1.13 bits per heavy atom. The summed E-state index contributed by atoms with van der Waals surface area (Å²) in [6, 6.07) is 16.0. The maximum absolute atomic E-state index is 16.0. The number of rotatable bonds is 9. The van der Waals surface area contributed by atoms with Gasteiger partial charge in [-0.3, -0.25) is 14.8 Å². The van der Waals surface area contributed by atoms with Gasteiger partial charge in [0.2, 0.25) is 0 Å². The highest BCUT2D eigenvalue weighted by Gasteiger charge is 2.41. The van der Waals surface area contributed by atoms with E-state index in [0.717, 1.165) is 45.4 Å². The first kappa shape index (κ1) is 27.4. The van der Waals surface area contributed by atoms with E-state index in [-0.39, 0.29) is 24.8 Å². The van der Waals surface area contributed by atoms with Gasteiger partial charge in [0.25, 0.3) is 5.91 Å². The molecule has 0 aliphatic carbocycles. The molecule has 1 atom stereocenters. The van der Waals surface area contributed by atoms with Gasteiger partial charge in [0.05, 0.1) is 11.0 Å². The van der Waals surface area contributed by atoms with Crippen molar-refractivity contribution < 1.29 is 9.18 Å². The summed E-state index contributed by atoms with van der Waals surface area (Å²) in [5.41, 5.74) is 1.99. The minimum absolute atomic E-state index is 0.138. The Balaban J connectivity index is 1.27. The number of hydrogen-bond acceptors (Lipinski definition) is 5. The van der Waals surface area contributed by atoms with Crippen molar-refractivity contribution in [3.05, 3.63) is 77.2 Å². The maximum atomic E-state index is 16.0. The molecule has 1 saturated heterocycles. The largest absolute Gasteiger partial charge is 0.340 e. The van der Waals surface area contributed by atoms with Crippen molar-refractivity contribution in [3.8, 4) is 11.5 Å². The standard InChI is InChI=1S/C30H34BrFN6O/c1-3-30(32,13-19-36(2)21-22-9-15-33-16-10-22)29(39)37-17-11-24(12-18-37)38-27-8-7-23(31)20-26(27)35-28(38)25-6-4-5-14-34-25/h4-10,14-16,20,24H,3,11-13,17-19,21H2,1-2H3. The zero-order valence-electron chi connectivity index (χ0n) is 22.4. The van der Waals surface area contributed by atoms with Gasteiger partial charge in [-0.15, -0.1) is 0 Å². The van der Waals surface area contributed by atoms with Crippen LogP contribution in [0.25, 0.3) is 22.6 Å². The first-order chi connectivity index (χ1) is 18.9. The highest BCUT2D eigenvalue weighted by Crippen LogP contribution is 2.35. The lowest BCUT2D eigenvalue weighted by atomic mass is 9.94. The SMILES string of the molecule is CCC(F)(CCN(C)Cc1ccncc1)C(=O)N1CCC(n2c(-c3ccccn3)nc3cc(Br)ccc32)CC1. The Kier molecular flexibility index (Phi) is 8.37. The van der Waals surface area contributed by atoms with E-state index in [1.54, 1.807) is 30.4 Å². The normalized spacial score (nSPS) is 16.1. The van der Waals surface area contributed by atoms with Crippen LogP contribution in [-0.2, 0) is 11.3 Å². The Bertz CT molecular complexity index is 1410. The third kappa shape index (κ3) is 6.04. The van der Waals surface area contributed by atoms with Crippen LogP contribution in [0.15, 0.2) is 71.6 Å². The van der Waals surface area contributed by atoms with Crippen LogP contribution in [0.1, 0.15) is 44.2 Å². The van der Waals surface area contributed by atoms with Gasteiger partial charge in [0, 0.05) is 61.7 Å². The lowest BCUT2D eigenvalue weighted by Gasteiger charge is -2.37. The molecule has 4 heterocycles. The maximum Gasteiger partial charge on any atom is 0.260 e. The average molecular weight is 594 g/mol. The fourth-order valence-electron chi connectivity index (χ4n) is 5.41. The molecule has 7 nitrogen and oxygen atoms in total. The van der Waals surface area contributed by atoms with Crippen LogP contribution in [0.2, 0.25) is 0 Å². The quantitative estimate of drug-likeness (QED) is 0.236. The van der Waals surface area contributed by atoms with Gasteiger partial charge in [0.15, 0.2) is 11.5 Å². The van der Waals surface area contributed by atoms with E-state index >= 15 is 4.39 Å². The number of fused-ring (bicyclic) bond motifs is 1. The number of carbonyl (C=O) groups excluding carboxylic acids is 1. The summed E-state index contributed by atoms with van der Waals surface area (Å²) in [4.78, 5) is 30.7. The smallest absolute Gasteiger partial charge is 0.260 e. The van der Waals surface area contributed by atoms with E-state index < -0.39 is 5.67 Å². The Morgan fingerprint density at radius 2 is 1.90 bits per heavy atom. The first-order valence-electron chi connectivity index (χ1n) is 13.5. The molecular formula is C30H34BrFN6O. The number of benzene rings is 1. The molecule has 4 aromatic rings. The summed E-state index contributed by atoms with van der Waals surface area (Å²) in [6.07, 6.45) is 7.09. The fraction of sp³-hybridized carbons (Fsp3) is 0.400. The Labute approximate surface area is 237 Å². The summed E-state index contributed by atoms with van der Waals surface area (Å²) < 4.78 is 19.3. The molecule has 1 amide bonds. The third-order valence-electron chi connectivity index (χ3n) is 7.70. The summed E-state index contributed by atoms with van der Waals surface area (Å²) in [7, 11) is 1.96. The number of hydrogen-bond donors (Lipinski definition) is 0. The third-order valence-corrected chi connectivity index (χ3v) is 8.19. The van der Waals surface area contributed by atoms with Gasteiger partial charge in [-0.1, -0.05) is 28.9 Å². The molecule has 1 aliphatic heterocycles. The van der Waals surface area contributed by atoms with Crippen LogP contribution in [0.4, 0.5) is 4.39 Å². The van der Waals surface area contributed by atoms with Crippen molar-refractivity contribution in [1.29, 1.82) is 0 Å². The summed E-state index contributed by atoms with van der Waals surface area (Å²) >= 11 is 3.56. The van der Waals surface area contributed by atoms with Crippen LogP contribution >= 0.6 is 15.9 Å². The number of nitrogens with zero attached hydrogens (tertiary/aromatic N) is 6. The molecule has 0 radical (unpaired) electrons. The van der Waals surface area contributed by atoms with Crippen molar-refractivity contribution in [2.45, 2.75) is 50.9 Å². The highest BCUT2D eigenvalue weighted by molar-refractivity contribution is 9.10. The second-order valence-corrected chi connectivity index (χ2v) is 11.3. The molecule has 39 heavy (non-hydrogen) atoms. The van der Waals surface area contributed by atoms with Gasteiger partial charge in [-0.25, -0.2) is 9.37 Å². The Morgan fingerprint density at radius 3 is 2.59 bits per heavy atom. The zero-order chi connectivity index (χ0) is 27.4. The lowest BCUT2D eigenvalue weighted by molar-refractivity contribution is -0.146. The Hall–Kier alpha value is -3.17. The van der Waals surface area contributed by atoms with E-state index in [9.17, 15) is 4.79 Å². The number of carbonyl (C=O) groups is 1. The molecule has 0 bridgehead atoms. The molecule has 0 spiro atoms. The van der Waals surface area contributed by atoms with Gasteiger partial charge in [-0.05, 0) is 74.3 Å². The van der Waals surface area contributed by atoms with Crippen LogP contribution in [0, 0.1) is 0 Å². The number of imidazole rings is 1. The second kappa shape index (κ2) is 11.9. The molecule has 1 aromatic carbocycles. The molecule has 5 rings (SSSR count). The minimum atomic E-state index is -1.87. The number of piperidine rings is 1. The molecule has 204 valence electrons. The number of alkyl halides is 1. The van der Waals surface area contributed by atoms with Crippen molar-refractivity contribution in [2.24, 2.45) is 0 Å². The van der Waals surface area contributed by atoms with E-state index in [1.807, 2.05) is 49.5 Å². The zero-order valence-corrected chi connectivity index (χ0v) is 24.0. The molecule has 1 aliphatic rings. The van der Waals surface area contributed by atoms with E-state index in [4.69, 9.17) is 4.98 Å². The molecule has 3 aromatic heterocycles. The van der Waals surface area contributed by atoms with Crippen molar-refractivity contribution in [3.63, 3.8) is 0 Å². The highest BCUT2D eigenvalue weighted by atomic mass is 79.9. The number of pyridine rings is 2. The van der Waals surface area contributed by atoms with Crippen molar-refractivity contribution in [1.82, 2.24) is 29.3 Å². The van der Waals surface area contributed by atoms with E-state index in [1.165, 1.54) is 0 Å². The predicted octanol–water partition coefficient (Wildman–Crippen LogP) is 6.06. The van der Waals surface area contributed by atoms with Crippen molar-refractivity contribution in [2.75, 3.05) is 26.7 Å². The molecule has 9 heteroatoms. The monoisotopic (exact) mass is 592 g/mol. The average Bonchev–Trinajstić information content (AvgIpc) is 3.35. The minimum Gasteiger partial charge on any atom is -0.340 e. The van der Waals surface area contributed by atoms with Crippen molar-refractivity contribution >= 4 is 32.9 Å². The number of aromatic nitrogens is 4. The van der Waals surface area contributed by atoms with E-state index in [2.05, 4.69) is 41.4 Å². The number of amides is 1. The molecule has 1 unspecified atom stereocenters. The molecule has 0 saturated carbocycles. The topological polar surface area (TPSA) is 67.2 Å². The second-order valence-electron chi connectivity index (χ2n) is 10.3. The van der Waals surface area contributed by atoms with Crippen LogP contribution in [0.5, 0.6) is 0 Å². The van der Waals surface area contributed by atoms with Crippen LogP contribution in [-0.4, -0.2) is 67.6 Å². The number of halogens is 2. The number of likely N-dealkylation sites (tertiary alicyclic amines) is 1. The van der Waals surface area contributed by atoms with Crippen LogP contribution in [0.3, 0.4) is 0 Å². The molecule has 1 fully saturated rings. The summed E-state index contributed by atoms with van der Waals surface area (Å²) in [6.45, 7) is 3.98. The first-order valence-corrected chi connectivity index (χ1v) is 14.3. The molecular weight excluding hydrogens is 559 g/mol. The molecule has 0 N–H and O–H groups in total. The van der Waals surface area contributed by atoms with Gasteiger partial charge < -0.3 is 14.4 Å². The van der Waals surface area contributed by atoms with E-state index in [0.29, 0.717) is 26.2 Å². The van der Waals surface area contributed by atoms with Gasteiger partial charge in [0.1, 0.15) is 5.69 Å².